The van der Waals surface area contributed by atoms with Gasteiger partial charge in [-0.25, -0.2) is 0 Å². The molecule has 0 unspecified atom stereocenters. The molecule has 2 aromatic carbocycles. The van der Waals surface area contributed by atoms with E-state index in [9.17, 15) is 0 Å². The van der Waals surface area contributed by atoms with Crippen molar-refractivity contribution in [1.29, 1.82) is 0 Å². The molecule has 94 valence electrons. The number of hydrogen-bond acceptors (Lipinski definition) is 3. The van der Waals surface area contributed by atoms with E-state index in [2.05, 4.69) is 15.9 Å². The van der Waals surface area contributed by atoms with Gasteiger partial charge in [0.1, 0.15) is 24.7 Å². The molecule has 18 heavy (non-hydrogen) atoms. The molecule has 3 nitrogen and oxygen atoms in total. The van der Waals surface area contributed by atoms with Crippen molar-refractivity contribution >= 4 is 21.6 Å². The Morgan fingerprint density at radius 3 is 2.11 bits per heavy atom. The van der Waals surface area contributed by atoms with Crippen LogP contribution in [0.2, 0.25) is 0 Å². The predicted molar refractivity (Wildman–Crippen MR) is 76.0 cm³/mol. The number of nitrogens with two attached hydrogens (primary N) is 1. The lowest BCUT2D eigenvalue weighted by Gasteiger charge is -2.08. The Morgan fingerprint density at radius 2 is 1.50 bits per heavy atom. The van der Waals surface area contributed by atoms with Crippen molar-refractivity contribution in [2.45, 2.75) is 0 Å². The molecular formula is C14H14BrNO2. The van der Waals surface area contributed by atoms with Gasteiger partial charge in [-0.3, -0.25) is 0 Å². The first-order valence-electron chi connectivity index (χ1n) is 5.61. The molecule has 0 aromatic heterocycles. The van der Waals surface area contributed by atoms with Gasteiger partial charge in [0.05, 0.1) is 0 Å². The second-order valence-electron chi connectivity index (χ2n) is 3.73. The highest BCUT2D eigenvalue weighted by atomic mass is 79.9. The predicted octanol–water partition coefficient (Wildman–Crippen LogP) is 3.49. The lowest BCUT2D eigenvalue weighted by Crippen LogP contribution is -2.09. The normalized spacial score (nSPS) is 10.1. The van der Waals surface area contributed by atoms with Crippen molar-refractivity contribution in [3.63, 3.8) is 0 Å². The number of anilines is 1. The molecule has 0 aliphatic heterocycles. The van der Waals surface area contributed by atoms with Crippen molar-refractivity contribution in [2.75, 3.05) is 18.9 Å². The fourth-order valence-electron chi connectivity index (χ4n) is 1.48. The first-order valence-corrected chi connectivity index (χ1v) is 6.40. The van der Waals surface area contributed by atoms with E-state index in [-0.39, 0.29) is 0 Å². The SMILES string of the molecule is Nc1cccc(OCCOc2cccc(Br)c2)c1. The summed E-state index contributed by atoms with van der Waals surface area (Å²) in [5.41, 5.74) is 6.35. The summed E-state index contributed by atoms with van der Waals surface area (Å²) in [6.45, 7) is 0.973. The first-order chi connectivity index (χ1) is 8.74. The second kappa shape index (κ2) is 6.31. The molecule has 0 aliphatic carbocycles. The molecule has 0 amide bonds. The van der Waals surface area contributed by atoms with Crippen LogP contribution in [0, 0.1) is 0 Å². The molecule has 2 aromatic rings. The van der Waals surface area contributed by atoms with Gasteiger partial charge in [0.2, 0.25) is 0 Å². The Balaban J connectivity index is 1.76. The van der Waals surface area contributed by atoms with Crippen LogP contribution in [0.25, 0.3) is 0 Å². The third-order valence-electron chi connectivity index (χ3n) is 2.27. The van der Waals surface area contributed by atoms with Gasteiger partial charge in [-0.2, -0.15) is 0 Å². The molecule has 0 bridgehead atoms. The van der Waals surface area contributed by atoms with Gasteiger partial charge >= 0.3 is 0 Å². The van der Waals surface area contributed by atoms with Crippen LogP contribution in [-0.2, 0) is 0 Å². The van der Waals surface area contributed by atoms with E-state index in [4.69, 9.17) is 15.2 Å². The summed E-state index contributed by atoms with van der Waals surface area (Å²) in [5.74, 6) is 1.58. The molecular weight excluding hydrogens is 294 g/mol. The van der Waals surface area contributed by atoms with Gasteiger partial charge in [-0.15, -0.1) is 0 Å². The fourth-order valence-corrected chi connectivity index (χ4v) is 1.86. The maximum absolute atomic E-state index is 5.65. The van der Waals surface area contributed by atoms with Crippen LogP contribution < -0.4 is 15.2 Å². The molecule has 0 atom stereocenters. The average Bonchev–Trinajstić information content (AvgIpc) is 2.35. The van der Waals surface area contributed by atoms with Gasteiger partial charge in [0.15, 0.2) is 0 Å². The third kappa shape index (κ3) is 3.96. The monoisotopic (exact) mass is 307 g/mol. The molecule has 0 aliphatic rings. The van der Waals surface area contributed by atoms with E-state index in [1.807, 2.05) is 42.5 Å². The van der Waals surface area contributed by atoms with E-state index in [1.165, 1.54) is 0 Å². The van der Waals surface area contributed by atoms with Gasteiger partial charge in [-0.1, -0.05) is 28.1 Å². The lowest BCUT2D eigenvalue weighted by atomic mass is 10.3. The number of benzene rings is 2. The third-order valence-corrected chi connectivity index (χ3v) is 2.77. The highest BCUT2D eigenvalue weighted by Gasteiger charge is 1.96. The summed E-state index contributed by atoms with van der Waals surface area (Å²) in [6, 6.07) is 15.1. The number of halogens is 1. The highest BCUT2D eigenvalue weighted by Crippen LogP contribution is 2.18. The molecule has 0 radical (unpaired) electrons. The van der Waals surface area contributed by atoms with Gasteiger partial charge in [-0.05, 0) is 30.3 Å². The largest absolute Gasteiger partial charge is 0.490 e. The van der Waals surface area contributed by atoms with Gasteiger partial charge < -0.3 is 15.2 Å². The first kappa shape index (κ1) is 12.8. The van der Waals surface area contributed by atoms with E-state index >= 15 is 0 Å². The van der Waals surface area contributed by atoms with E-state index in [0.29, 0.717) is 18.9 Å². The minimum absolute atomic E-state index is 0.482. The van der Waals surface area contributed by atoms with Crippen LogP contribution in [0.15, 0.2) is 53.0 Å². The molecule has 2 N–H and O–H groups in total. The van der Waals surface area contributed by atoms with Crippen molar-refractivity contribution in [1.82, 2.24) is 0 Å². The zero-order valence-corrected chi connectivity index (χ0v) is 11.4. The molecule has 0 saturated carbocycles. The topological polar surface area (TPSA) is 44.5 Å². The summed E-state index contributed by atoms with van der Waals surface area (Å²) >= 11 is 3.39. The van der Waals surface area contributed by atoms with Gasteiger partial charge in [0, 0.05) is 16.2 Å². The van der Waals surface area contributed by atoms with Crippen LogP contribution in [0.3, 0.4) is 0 Å². The summed E-state index contributed by atoms with van der Waals surface area (Å²) in [7, 11) is 0. The Bertz CT molecular complexity index is 469. The molecule has 0 heterocycles. The van der Waals surface area contributed by atoms with Crippen LogP contribution in [0.5, 0.6) is 11.5 Å². The summed E-state index contributed by atoms with van der Waals surface area (Å²) < 4.78 is 12.1. The quantitative estimate of drug-likeness (QED) is 0.679. The summed E-state index contributed by atoms with van der Waals surface area (Å²) in [6.07, 6.45) is 0. The zero-order chi connectivity index (χ0) is 12.8. The number of ether oxygens (including phenoxy) is 2. The molecule has 0 saturated heterocycles. The summed E-state index contributed by atoms with van der Waals surface area (Å²) in [5, 5.41) is 0. The zero-order valence-electron chi connectivity index (χ0n) is 9.80. The van der Waals surface area contributed by atoms with E-state index in [1.54, 1.807) is 6.07 Å². The molecule has 2 rings (SSSR count). The van der Waals surface area contributed by atoms with Crippen molar-refractivity contribution in [2.24, 2.45) is 0 Å². The number of hydrogen-bond donors (Lipinski definition) is 1. The molecule has 0 fully saturated rings. The minimum Gasteiger partial charge on any atom is -0.490 e. The number of nitrogen functional groups attached to an aromatic ring is 1. The van der Waals surface area contributed by atoms with Crippen LogP contribution >= 0.6 is 15.9 Å². The molecule has 0 spiro atoms. The van der Waals surface area contributed by atoms with E-state index < -0.39 is 0 Å². The van der Waals surface area contributed by atoms with E-state index in [0.717, 1.165) is 16.0 Å². The second-order valence-corrected chi connectivity index (χ2v) is 4.64. The minimum atomic E-state index is 0.482. The maximum atomic E-state index is 5.65. The lowest BCUT2D eigenvalue weighted by molar-refractivity contribution is 0.217. The summed E-state index contributed by atoms with van der Waals surface area (Å²) in [4.78, 5) is 0. The van der Waals surface area contributed by atoms with Crippen LogP contribution in [0.1, 0.15) is 0 Å². The average molecular weight is 308 g/mol. The highest BCUT2D eigenvalue weighted by molar-refractivity contribution is 9.10. The van der Waals surface area contributed by atoms with Gasteiger partial charge in [0.25, 0.3) is 0 Å². The Kier molecular flexibility index (Phi) is 4.47. The fraction of sp³-hybridized carbons (Fsp3) is 0.143. The Morgan fingerprint density at radius 1 is 0.889 bits per heavy atom. The van der Waals surface area contributed by atoms with Crippen molar-refractivity contribution < 1.29 is 9.47 Å². The standard InChI is InChI=1S/C14H14BrNO2/c15-11-3-1-5-13(9-11)17-7-8-18-14-6-2-4-12(16)10-14/h1-6,9-10H,7-8,16H2. The Labute approximate surface area is 115 Å². The van der Waals surface area contributed by atoms with Crippen molar-refractivity contribution in [3.8, 4) is 11.5 Å². The molecule has 4 heteroatoms. The van der Waals surface area contributed by atoms with Crippen LogP contribution in [0.4, 0.5) is 5.69 Å². The maximum Gasteiger partial charge on any atom is 0.122 e. The Hall–Kier alpha value is -1.68. The van der Waals surface area contributed by atoms with Crippen LogP contribution in [-0.4, -0.2) is 13.2 Å². The number of rotatable bonds is 5. The smallest absolute Gasteiger partial charge is 0.122 e. The van der Waals surface area contributed by atoms with Crippen molar-refractivity contribution in [3.05, 3.63) is 53.0 Å².